The smallest absolute Gasteiger partial charge is 0.191 e. The molecule has 5 nitrogen and oxygen atoms in total. The summed E-state index contributed by atoms with van der Waals surface area (Å²) in [6.07, 6.45) is 10.6. The summed E-state index contributed by atoms with van der Waals surface area (Å²) in [5.74, 6) is 0.919. The maximum atomic E-state index is 9.41. The van der Waals surface area contributed by atoms with E-state index in [1.165, 1.54) is 38.5 Å². The van der Waals surface area contributed by atoms with E-state index in [4.69, 9.17) is 9.73 Å². The van der Waals surface area contributed by atoms with Crippen molar-refractivity contribution in [3.63, 3.8) is 0 Å². The fraction of sp³-hybridized carbons (Fsp3) is 0.944. The molecule has 0 aliphatic heterocycles. The van der Waals surface area contributed by atoms with Crippen molar-refractivity contribution in [1.29, 1.82) is 0 Å². The lowest BCUT2D eigenvalue weighted by Gasteiger charge is -2.35. The van der Waals surface area contributed by atoms with E-state index < -0.39 is 0 Å². The zero-order chi connectivity index (χ0) is 16.8. The highest BCUT2D eigenvalue weighted by Crippen LogP contribution is 2.39. The lowest BCUT2D eigenvalue weighted by Crippen LogP contribution is -2.39. The number of aliphatic hydroxyl groups is 1. The molecule has 0 unspecified atom stereocenters. The van der Waals surface area contributed by atoms with Crippen molar-refractivity contribution in [2.45, 2.75) is 64.7 Å². The molecule has 0 radical (unpaired) electrons. The van der Waals surface area contributed by atoms with Gasteiger partial charge in [-0.2, -0.15) is 0 Å². The molecular weight excluding hydrogens is 417 g/mol. The first-order chi connectivity index (χ1) is 11.3. The van der Waals surface area contributed by atoms with E-state index in [9.17, 15) is 5.11 Å². The highest BCUT2D eigenvalue weighted by molar-refractivity contribution is 14.0. The quantitative estimate of drug-likeness (QED) is 0.194. The third-order valence-corrected chi connectivity index (χ3v) is 4.79. The van der Waals surface area contributed by atoms with E-state index in [0.717, 1.165) is 51.5 Å². The molecule has 0 aromatic carbocycles. The summed E-state index contributed by atoms with van der Waals surface area (Å²) in [6.45, 7) is 5.87. The van der Waals surface area contributed by atoms with Crippen LogP contribution in [0.3, 0.4) is 0 Å². The van der Waals surface area contributed by atoms with Crippen LogP contribution in [0.25, 0.3) is 0 Å². The molecule has 1 saturated carbocycles. The van der Waals surface area contributed by atoms with Crippen LogP contribution in [0.4, 0.5) is 0 Å². The van der Waals surface area contributed by atoms with Crippen molar-refractivity contribution in [2.75, 3.05) is 40.0 Å². The third kappa shape index (κ3) is 10.0. The summed E-state index contributed by atoms with van der Waals surface area (Å²) < 4.78 is 5.07. The number of hydrogen-bond acceptors (Lipinski definition) is 3. The van der Waals surface area contributed by atoms with Gasteiger partial charge in [-0.05, 0) is 50.9 Å². The zero-order valence-corrected chi connectivity index (χ0v) is 17.9. The Morgan fingerprint density at radius 1 is 1.12 bits per heavy atom. The molecule has 0 bridgehead atoms. The summed E-state index contributed by atoms with van der Waals surface area (Å²) in [7, 11) is 1.75. The van der Waals surface area contributed by atoms with E-state index >= 15 is 0 Å². The zero-order valence-electron chi connectivity index (χ0n) is 15.6. The van der Waals surface area contributed by atoms with Gasteiger partial charge < -0.3 is 20.5 Å². The monoisotopic (exact) mass is 455 g/mol. The Labute approximate surface area is 165 Å². The minimum Gasteiger partial charge on any atom is -0.396 e. The van der Waals surface area contributed by atoms with Crippen LogP contribution < -0.4 is 10.6 Å². The van der Waals surface area contributed by atoms with Gasteiger partial charge in [0.15, 0.2) is 5.96 Å². The standard InChI is InChI=1S/C18H37N3O2.HI/c1-3-19-17(20-13-8-5-9-15-23-2)21-16-18(12-14-22)10-6-4-7-11-18;/h22H,3-16H2,1-2H3,(H2,19,20,21);1H. The minimum atomic E-state index is 0. The summed E-state index contributed by atoms with van der Waals surface area (Å²) in [6, 6.07) is 0. The summed E-state index contributed by atoms with van der Waals surface area (Å²) >= 11 is 0. The second kappa shape index (κ2) is 15.2. The number of hydrogen-bond donors (Lipinski definition) is 3. The SMILES string of the molecule is CCNC(=NCC1(CCO)CCCCC1)NCCCCCOC.I. The molecule has 1 aliphatic carbocycles. The van der Waals surface area contributed by atoms with E-state index in [1.807, 2.05) is 0 Å². The number of nitrogens with zero attached hydrogens (tertiary/aromatic N) is 1. The van der Waals surface area contributed by atoms with Crippen LogP contribution in [0.15, 0.2) is 4.99 Å². The van der Waals surface area contributed by atoms with Crippen molar-refractivity contribution in [3.8, 4) is 0 Å². The van der Waals surface area contributed by atoms with Crippen molar-refractivity contribution >= 4 is 29.9 Å². The maximum Gasteiger partial charge on any atom is 0.191 e. The number of methoxy groups -OCH3 is 1. The van der Waals surface area contributed by atoms with Gasteiger partial charge in [0.2, 0.25) is 0 Å². The predicted octanol–water partition coefficient (Wildman–Crippen LogP) is 3.31. The number of halogens is 1. The first kappa shape index (κ1) is 23.9. The molecule has 0 spiro atoms. The lowest BCUT2D eigenvalue weighted by molar-refractivity contribution is 0.137. The van der Waals surface area contributed by atoms with E-state index in [-0.39, 0.29) is 36.0 Å². The van der Waals surface area contributed by atoms with Gasteiger partial charge in [0.1, 0.15) is 0 Å². The van der Waals surface area contributed by atoms with Gasteiger partial charge in [-0.15, -0.1) is 24.0 Å². The number of aliphatic hydroxyl groups excluding tert-OH is 1. The van der Waals surface area contributed by atoms with Crippen LogP contribution in [-0.2, 0) is 4.74 Å². The molecule has 6 heteroatoms. The van der Waals surface area contributed by atoms with Crippen molar-refractivity contribution in [1.82, 2.24) is 10.6 Å². The Morgan fingerprint density at radius 2 is 1.88 bits per heavy atom. The Bertz CT molecular complexity index is 316. The maximum absolute atomic E-state index is 9.41. The highest BCUT2D eigenvalue weighted by Gasteiger charge is 2.31. The summed E-state index contributed by atoms with van der Waals surface area (Å²) in [4.78, 5) is 4.82. The van der Waals surface area contributed by atoms with Crippen molar-refractivity contribution in [2.24, 2.45) is 10.4 Å². The number of aliphatic imine (C=N–C) groups is 1. The largest absolute Gasteiger partial charge is 0.396 e. The highest BCUT2D eigenvalue weighted by atomic mass is 127. The first-order valence-corrected chi connectivity index (χ1v) is 9.38. The summed E-state index contributed by atoms with van der Waals surface area (Å²) in [5, 5.41) is 16.2. The van der Waals surface area contributed by atoms with Gasteiger partial charge in [-0.3, -0.25) is 4.99 Å². The number of nitrogens with one attached hydrogen (secondary N) is 2. The average Bonchev–Trinajstić information content (AvgIpc) is 2.57. The Kier molecular flexibility index (Phi) is 15.1. The molecule has 1 fully saturated rings. The third-order valence-electron chi connectivity index (χ3n) is 4.79. The van der Waals surface area contributed by atoms with Gasteiger partial charge >= 0.3 is 0 Å². The second-order valence-corrected chi connectivity index (χ2v) is 6.71. The summed E-state index contributed by atoms with van der Waals surface area (Å²) in [5.41, 5.74) is 0.216. The normalized spacial score (nSPS) is 17.2. The van der Waals surface area contributed by atoms with Crippen LogP contribution in [-0.4, -0.2) is 51.0 Å². The molecule has 0 atom stereocenters. The topological polar surface area (TPSA) is 65.9 Å². The van der Waals surface area contributed by atoms with Gasteiger partial charge in [0.25, 0.3) is 0 Å². The molecule has 3 N–H and O–H groups in total. The number of ether oxygens (including phenoxy) is 1. The fourth-order valence-electron chi connectivity index (χ4n) is 3.37. The minimum absolute atomic E-state index is 0. The molecule has 0 heterocycles. The lowest BCUT2D eigenvalue weighted by atomic mass is 9.72. The Morgan fingerprint density at radius 3 is 2.50 bits per heavy atom. The van der Waals surface area contributed by atoms with Gasteiger partial charge in [0.05, 0.1) is 0 Å². The number of rotatable bonds is 11. The molecule has 0 aromatic rings. The van der Waals surface area contributed by atoms with Crippen LogP contribution in [0.2, 0.25) is 0 Å². The van der Waals surface area contributed by atoms with Gasteiger partial charge in [-0.1, -0.05) is 19.3 Å². The first-order valence-electron chi connectivity index (χ1n) is 9.38. The van der Waals surface area contributed by atoms with E-state index in [1.54, 1.807) is 7.11 Å². The van der Waals surface area contributed by atoms with Crippen molar-refractivity contribution in [3.05, 3.63) is 0 Å². The fourth-order valence-corrected chi connectivity index (χ4v) is 3.37. The second-order valence-electron chi connectivity index (χ2n) is 6.71. The number of unbranched alkanes of at least 4 members (excludes halogenated alkanes) is 2. The van der Waals surface area contributed by atoms with E-state index in [0.29, 0.717) is 0 Å². The molecule has 24 heavy (non-hydrogen) atoms. The van der Waals surface area contributed by atoms with Crippen LogP contribution >= 0.6 is 24.0 Å². The Balaban J connectivity index is 0.00000529. The average molecular weight is 455 g/mol. The molecule has 0 amide bonds. The van der Waals surface area contributed by atoms with Crippen LogP contribution in [0.5, 0.6) is 0 Å². The van der Waals surface area contributed by atoms with Gasteiger partial charge in [-0.25, -0.2) is 0 Å². The molecular formula is C18H38IN3O2. The molecule has 1 rings (SSSR count). The number of guanidine groups is 1. The van der Waals surface area contributed by atoms with Gasteiger partial charge in [0, 0.05) is 40.0 Å². The predicted molar refractivity (Wildman–Crippen MR) is 112 cm³/mol. The molecule has 1 aliphatic rings. The molecule has 0 aromatic heterocycles. The van der Waals surface area contributed by atoms with E-state index in [2.05, 4.69) is 17.6 Å². The molecule has 0 saturated heterocycles. The van der Waals surface area contributed by atoms with Crippen LogP contribution in [0.1, 0.15) is 64.7 Å². The molecule has 144 valence electrons. The Hall–Kier alpha value is -0.0800. The van der Waals surface area contributed by atoms with Crippen molar-refractivity contribution < 1.29 is 9.84 Å². The van der Waals surface area contributed by atoms with Crippen LogP contribution in [0, 0.1) is 5.41 Å².